The fraction of sp³-hybridized carbons (Fsp3) is 0.0476. The summed E-state index contributed by atoms with van der Waals surface area (Å²) in [5, 5.41) is 5.53. The van der Waals surface area contributed by atoms with Crippen molar-refractivity contribution in [3.8, 4) is 0 Å². The first-order valence-corrected chi connectivity index (χ1v) is 8.78. The standard InChI is InChI=1S/C21H16ClN3O2/c22-16-9-7-15(8-10-16)13-25-14-19(18-5-1-2-6-20(18)25)21(26)24-23-12-17-4-3-11-27-17/h1-12,14H,13H2,(H,24,26)/b23-12+. The zero-order valence-electron chi connectivity index (χ0n) is 14.3. The lowest BCUT2D eigenvalue weighted by atomic mass is 10.2. The predicted molar refractivity (Wildman–Crippen MR) is 106 cm³/mol. The van der Waals surface area contributed by atoms with Gasteiger partial charge in [0.1, 0.15) is 5.76 Å². The molecule has 1 amide bonds. The third-order valence-electron chi connectivity index (χ3n) is 4.20. The van der Waals surface area contributed by atoms with Crippen molar-refractivity contribution in [3.05, 3.63) is 95.0 Å². The van der Waals surface area contributed by atoms with E-state index in [2.05, 4.69) is 10.5 Å². The van der Waals surface area contributed by atoms with Gasteiger partial charge in [-0.05, 0) is 35.9 Å². The van der Waals surface area contributed by atoms with Crippen molar-refractivity contribution < 1.29 is 9.21 Å². The summed E-state index contributed by atoms with van der Waals surface area (Å²) in [6.07, 6.45) is 4.86. The van der Waals surface area contributed by atoms with Crippen LogP contribution in [0.5, 0.6) is 0 Å². The highest BCUT2D eigenvalue weighted by Gasteiger charge is 2.14. The Labute approximate surface area is 160 Å². The Hall–Kier alpha value is -3.31. The average Bonchev–Trinajstić information content (AvgIpc) is 3.32. The van der Waals surface area contributed by atoms with Gasteiger partial charge in [-0.3, -0.25) is 4.79 Å². The van der Waals surface area contributed by atoms with Crippen molar-refractivity contribution in [3.63, 3.8) is 0 Å². The van der Waals surface area contributed by atoms with E-state index in [1.165, 1.54) is 6.21 Å². The Morgan fingerprint density at radius 1 is 1.11 bits per heavy atom. The molecule has 0 aliphatic heterocycles. The van der Waals surface area contributed by atoms with E-state index < -0.39 is 0 Å². The number of halogens is 1. The molecule has 1 N–H and O–H groups in total. The van der Waals surface area contributed by atoms with Gasteiger partial charge in [0.2, 0.25) is 0 Å². The number of nitrogens with one attached hydrogen (secondary N) is 1. The number of hydrogen-bond acceptors (Lipinski definition) is 3. The van der Waals surface area contributed by atoms with Crippen LogP contribution in [0.25, 0.3) is 10.9 Å². The van der Waals surface area contributed by atoms with E-state index in [0.29, 0.717) is 22.9 Å². The molecule has 0 saturated heterocycles. The zero-order chi connectivity index (χ0) is 18.6. The molecule has 5 nitrogen and oxygen atoms in total. The molecule has 0 atom stereocenters. The van der Waals surface area contributed by atoms with Crippen molar-refractivity contribution in [2.45, 2.75) is 6.54 Å². The number of hydrogen-bond donors (Lipinski definition) is 1. The van der Waals surface area contributed by atoms with Crippen molar-refractivity contribution in [2.75, 3.05) is 0 Å². The minimum absolute atomic E-state index is 0.274. The van der Waals surface area contributed by atoms with Crippen molar-refractivity contribution in [1.82, 2.24) is 9.99 Å². The van der Waals surface area contributed by atoms with Gasteiger partial charge in [-0.15, -0.1) is 0 Å². The van der Waals surface area contributed by atoms with Gasteiger partial charge in [0.05, 0.1) is 18.0 Å². The van der Waals surface area contributed by atoms with Crippen LogP contribution >= 0.6 is 11.6 Å². The molecule has 4 aromatic rings. The lowest BCUT2D eigenvalue weighted by molar-refractivity contribution is 0.0956. The van der Waals surface area contributed by atoms with Gasteiger partial charge in [-0.25, -0.2) is 5.43 Å². The van der Waals surface area contributed by atoms with Gasteiger partial charge >= 0.3 is 0 Å². The molecular formula is C21H16ClN3O2. The van der Waals surface area contributed by atoms with Gasteiger partial charge in [0, 0.05) is 28.7 Å². The molecule has 0 bridgehead atoms. The van der Waals surface area contributed by atoms with E-state index in [9.17, 15) is 4.79 Å². The summed E-state index contributed by atoms with van der Waals surface area (Å²) in [6.45, 7) is 0.640. The minimum Gasteiger partial charge on any atom is -0.463 e. The van der Waals surface area contributed by atoms with E-state index >= 15 is 0 Å². The van der Waals surface area contributed by atoms with Crippen molar-refractivity contribution in [1.29, 1.82) is 0 Å². The number of furan rings is 1. The van der Waals surface area contributed by atoms with Crippen molar-refractivity contribution >= 4 is 34.6 Å². The van der Waals surface area contributed by atoms with Gasteiger partial charge < -0.3 is 8.98 Å². The summed E-state index contributed by atoms with van der Waals surface area (Å²) in [5.41, 5.74) is 5.20. The number of aromatic nitrogens is 1. The molecule has 0 unspecified atom stereocenters. The summed E-state index contributed by atoms with van der Waals surface area (Å²) in [6, 6.07) is 19.0. The van der Waals surface area contributed by atoms with Crippen LogP contribution in [0.15, 0.2) is 82.6 Å². The van der Waals surface area contributed by atoms with Crippen LogP contribution < -0.4 is 5.43 Å². The van der Waals surface area contributed by atoms with Gasteiger partial charge in [0.15, 0.2) is 0 Å². The summed E-state index contributed by atoms with van der Waals surface area (Å²) < 4.78 is 7.20. The van der Waals surface area contributed by atoms with E-state index in [1.54, 1.807) is 18.4 Å². The van der Waals surface area contributed by atoms with Crippen LogP contribution in [-0.4, -0.2) is 16.7 Å². The summed E-state index contributed by atoms with van der Waals surface area (Å²) in [4.78, 5) is 12.6. The first-order valence-electron chi connectivity index (χ1n) is 8.40. The van der Waals surface area contributed by atoms with Crippen LogP contribution in [0.1, 0.15) is 21.7 Å². The van der Waals surface area contributed by atoms with Crippen LogP contribution in [0.3, 0.4) is 0 Å². The molecule has 0 spiro atoms. The maximum absolute atomic E-state index is 12.6. The predicted octanol–water partition coefficient (Wildman–Crippen LogP) is 4.70. The summed E-state index contributed by atoms with van der Waals surface area (Å²) >= 11 is 5.96. The number of hydrazone groups is 1. The number of nitrogens with zero attached hydrogens (tertiary/aromatic N) is 2. The molecule has 6 heteroatoms. The van der Waals surface area contributed by atoms with Crippen molar-refractivity contribution in [2.24, 2.45) is 5.10 Å². The molecule has 0 aliphatic rings. The molecule has 0 aliphatic carbocycles. The average molecular weight is 378 g/mol. The highest BCUT2D eigenvalue weighted by Crippen LogP contribution is 2.23. The Morgan fingerprint density at radius 2 is 1.93 bits per heavy atom. The summed E-state index contributed by atoms with van der Waals surface area (Å²) in [5.74, 6) is 0.296. The summed E-state index contributed by atoms with van der Waals surface area (Å²) in [7, 11) is 0. The Kier molecular flexibility index (Phi) is 4.77. The quantitative estimate of drug-likeness (QED) is 0.405. The number of benzene rings is 2. The third-order valence-corrected chi connectivity index (χ3v) is 4.45. The molecule has 2 heterocycles. The number of carbonyl (C=O) groups is 1. The number of amides is 1. The third kappa shape index (κ3) is 3.78. The fourth-order valence-corrected chi connectivity index (χ4v) is 3.05. The van der Waals surface area contributed by atoms with Crippen LogP contribution in [0.2, 0.25) is 5.02 Å². The van der Waals surface area contributed by atoms with Gasteiger partial charge in [0.25, 0.3) is 5.91 Å². The minimum atomic E-state index is -0.274. The molecule has 0 fully saturated rings. The molecule has 0 saturated carbocycles. The monoisotopic (exact) mass is 377 g/mol. The highest BCUT2D eigenvalue weighted by atomic mass is 35.5. The number of carbonyl (C=O) groups excluding carboxylic acids is 1. The highest BCUT2D eigenvalue weighted by molar-refractivity contribution is 6.30. The Morgan fingerprint density at radius 3 is 2.70 bits per heavy atom. The van der Waals surface area contributed by atoms with Crippen LogP contribution in [0.4, 0.5) is 0 Å². The topological polar surface area (TPSA) is 59.5 Å². The number of rotatable bonds is 5. The number of para-hydroxylation sites is 1. The maximum atomic E-state index is 12.6. The zero-order valence-corrected chi connectivity index (χ0v) is 15.1. The molecule has 27 heavy (non-hydrogen) atoms. The molecule has 4 rings (SSSR count). The Balaban J connectivity index is 1.61. The second kappa shape index (κ2) is 7.51. The largest absolute Gasteiger partial charge is 0.463 e. The SMILES string of the molecule is O=C(N/N=C/c1ccco1)c1cn(Cc2ccc(Cl)cc2)c2ccccc12. The van der Waals surface area contributed by atoms with Gasteiger partial charge in [-0.1, -0.05) is 41.9 Å². The van der Waals surface area contributed by atoms with E-state index in [4.69, 9.17) is 16.0 Å². The Bertz CT molecular complexity index is 1100. The van der Waals surface area contributed by atoms with E-state index in [1.807, 2.05) is 59.3 Å². The first kappa shape index (κ1) is 17.1. The van der Waals surface area contributed by atoms with Crippen LogP contribution in [0, 0.1) is 0 Å². The lowest BCUT2D eigenvalue weighted by Gasteiger charge is -2.05. The second-order valence-corrected chi connectivity index (χ2v) is 6.47. The fourth-order valence-electron chi connectivity index (χ4n) is 2.92. The lowest BCUT2D eigenvalue weighted by Crippen LogP contribution is -2.17. The second-order valence-electron chi connectivity index (χ2n) is 6.03. The molecule has 134 valence electrons. The smallest absolute Gasteiger partial charge is 0.273 e. The molecule has 2 aromatic carbocycles. The normalized spacial score (nSPS) is 11.3. The van der Waals surface area contributed by atoms with Crippen LogP contribution in [-0.2, 0) is 6.54 Å². The maximum Gasteiger partial charge on any atom is 0.273 e. The molecule has 2 aromatic heterocycles. The van der Waals surface area contributed by atoms with E-state index in [-0.39, 0.29) is 5.91 Å². The molecule has 0 radical (unpaired) electrons. The first-order chi connectivity index (χ1) is 13.2. The van der Waals surface area contributed by atoms with Gasteiger partial charge in [-0.2, -0.15) is 5.10 Å². The molecular weight excluding hydrogens is 362 g/mol. The van der Waals surface area contributed by atoms with E-state index in [0.717, 1.165) is 16.5 Å². The number of fused-ring (bicyclic) bond motifs is 1.